The number of nitrogens with one attached hydrogen (secondary N) is 1. The number of aryl methyl sites for hydroxylation is 1. The molecule has 0 unspecified atom stereocenters. The summed E-state index contributed by atoms with van der Waals surface area (Å²) in [5.74, 6) is 0.564. The average molecular weight is 280 g/mol. The van der Waals surface area contributed by atoms with Crippen LogP contribution in [0.15, 0.2) is 16.8 Å². The van der Waals surface area contributed by atoms with Crippen molar-refractivity contribution in [3.63, 3.8) is 0 Å². The van der Waals surface area contributed by atoms with E-state index in [1.165, 1.54) is 0 Å². The van der Waals surface area contributed by atoms with Gasteiger partial charge in [0.15, 0.2) is 0 Å². The topological polar surface area (TPSA) is 81.2 Å². The summed E-state index contributed by atoms with van der Waals surface area (Å²) in [6.07, 6.45) is 3.78. The van der Waals surface area contributed by atoms with Crippen LogP contribution in [0, 0.1) is 0 Å². The van der Waals surface area contributed by atoms with Crippen molar-refractivity contribution in [3.05, 3.63) is 23.8 Å². The zero-order chi connectivity index (χ0) is 14.4. The molecule has 0 aliphatic rings. The fraction of sp³-hybridized carbons (Fsp3) is 0.583. The maximum Gasteiger partial charge on any atom is 0.318 e. The van der Waals surface area contributed by atoms with E-state index >= 15 is 0 Å². The molecule has 110 valence electrons. The maximum atomic E-state index is 5.58. The van der Waals surface area contributed by atoms with Crippen LogP contribution in [0.3, 0.4) is 0 Å². The Bertz CT molecular complexity index is 524. The number of hydrogen-bond donors (Lipinski definition) is 1. The molecule has 0 aliphatic heterocycles. The lowest BCUT2D eigenvalue weighted by atomic mass is 10.3. The Morgan fingerprint density at radius 1 is 1.45 bits per heavy atom. The third-order valence-corrected chi connectivity index (χ3v) is 2.72. The molecule has 0 radical (unpaired) electrons. The van der Waals surface area contributed by atoms with Gasteiger partial charge in [-0.25, -0.2) is 0 Å². The molecule has 2 rings (SSSR count). The lowest BCUT2D eigenvalue weighted by Gasteiger charge is -2.11. The van der Waals surface area contributed by atoms with Crippen molar-refractivity contribution in [2.45, 2.75) is 13.1 Å². The van der Waals surface area contributed by atoms with Crippen molar-refractivity contribution in [2.75, 3.05) is 32.2 Å². The zero-order valence-corrected chi connectivity index (χ0v) is 12.0. The molecule has 2 aromatic rings. The number of rotatable bonds is 8. The summed E-state index contributed by atoms with van der Waals surface area (Å²) in [4.78, 5) is 1.89. The van der Waals surface area contributed by atoms with Gasteiger partial charge < -0.3 is 19.4 Å². The first-order valence-corrected chi connectivity index (χ1v) is 6.39. The van der Waals surface area contributed by atoms with E-state index in [9.17, 15) is 0 Å². The Balaban J connectivity index is 1.84. The van der Waals surface area contributed by atoms with Crippen molar-refractivity contribution in [2.24, 2.45) is 7.05 Å². The summed E-state index contributed by atoms with van der Waals surface area (Å²) in [5.41, 5.74) is 1.09. The van der Waals surface area contributed by atoms with E-state index < -0.39 is 0 Å². The van der Waals surface area contributed by atoms with Gasteiger partial charge in [-0.3, -0.25) is 4.68 Å². The van der Waals surface area contributed by atoms with Gasteiger partial charge in [0.1, 0.15) is 0 Å². The molecule has 2 aromatic heterocycles. The molecular formula is C12H20N6O2. The van der Waals surface area contributed by atoms with Crippen LogP contribution in [0.25, 0.3) is 0 Å². The molecule has 1 N–H and O–H groups in total. The monoisotopic (exact) mass is 280 g/mol. The van der Waals surface area contributed by atoms with Crippen LogP contribution in [0.2, 0.25) is 0 Å². The smallest absolute Gasteiger partial charge is 0.318 e. The van der Waals surface area contributed by atoms with Crippen molar-refractivity contribution in [1.29, 1.82) is 0 Å². The minimum atomic E-state index is 0.498. The van der Waals surface area contributed by atoms with Gasteiger partial charge >= 0.3 is 6.01 Å². The largest absolute Gasteiger partial charge is 0.407 e. The van der Waals surface area contributed by atoms with E-state index in [2.05, 4.69) is 20.6 Å². The third-order valence-electron chi connectivity index (χ3n) is 2.72. The second kappa shape index (κ2) is 7.01. The Hall–Kier alpha value is -1.93. The first kappa shape index (κ1) is 14.5. The molecule has 0 aromatic carbocycles. The molecule has 0 atom stereocenters. The van der Waals surface area contributed by atoms with Crippen LogP contribution in [0.1, 0.15) is 11.5 Å². The minimum Gasteiger partial charge on any atom is -0.407 e. The number of anilines is 1. The van der Waals surface area contributed by atoms with Crippen molar-refractivity contribution >= 4 is 6.01 Å². The molecule has 0 bridgehead atoms. The summed E-state index contributed by atoms with van der Waals surface area (Å²) in [6.45, 7) is 2.62. The lowest BCUT2D eigenvalue weighted by Crippen LogP contribution is -2.18. The normalized spacial score (nSPS) is 10.9. The summed E-state index contributed by atoms with van der Waals surface area (Å²) >= 11 is 0. The van der Waals surface area contributed by atoms with Crippen LogP contribution < -0.4 is 10.2 Å². The van der Waals surface area contributed by atoms with E-state index in [0.29, 0.717) is 31.6 Å². The molecule has 0 fully saturated rings. The highest BCUT2D eigenvalue weighted by atomic mass is 16.5. The number of aromatic nitrogens is 4. The van der Waals surface area contributed by atoms with E-state index in [-0.39, 0.29) is 0 Å². The minimum absolute atomic E-state index is 0.498. The molecule has 0 amide bonds. The van der Waals surface area contributed by atoms with E-state index in [0.717, 1.165) is 12.1 Å². The van der Waals surface area contributed by atoms with Crippen molar-refractivity contribution in [1.82, 2.24) is 25.3 Å². The average Bonchev–Trinajstić information content (AvgIpc) is 3.04. The standard InChI is InChI=1S/C12H20N6O2/c1-17(8-10-6-14-18(2)9-10)12-16-15-11(20-12)7-13-4-5-19-3/h6,9,13H,4-5,7-8H2,1-3H3. The molecule has 8 heteroatoms. The summed E-state index contributed by atoms with van der Waals surface area (Å²) in [7, 11) is 5.46. The van der Waals surface area contributed by atoms with Gasteiger partial charge in [0.2, 0.25) is 5.89 Å². The predicted molar refractivity (Wildman–Crippen MR) is 73.2 cm³/mol. The van der Waals surface area contributed by atoms with Crippen molar-refractivity contribution < 1.29 is 9.15 Å². The number of methoxy groups -OCH3 is 1. The maximum absolute atomic E-state index is 5.58. The molecule has 0 saturated heterocycles. The molecule has 2 heterocycles. The Morgan fingerprint density at radius 2 is 2.30 bits per heavy atom. The van der Waals surface area contributed by atoms with Gasteiger partial charge in [0.05, 0.1) is 25.9 Å². The first-order chi connectivity index (χ1) is 9.69. The van der Waals surface area contributed by atoms with E-state index in [1.54, 1.807) is 11.8 Å². The van der Waals surface area contributed by atoms with Crippen LogP contribution in [-0.4, -0.2) is 47.3 Å². The Kier molecular flexibility index (Phi) is 5.08. The predicted octanol–water partition coefficient (Wildman–Crippen LogP) is 0.176. The number of hydrogen-bond acceptors (Lipinski definition) is 7. The quantitative estimate of drug-likeness (QED) is 0.690. The third kappa shape index (κ3) is 4.04. The second-order valence-corrected chi connectivity index (χ2v) is 4.53. The Morgan fingerprint density at radius 3 is 3.00 bits per heavy atom. The van der Waals surface area contributed by atoms with Gasteiger partial charge in [0, 0.05) is 39.5 Å². The van der Waals surface area contributed by atoms with Crippen LogP contribution >= 0.6 is 0 Å². The molecule has 8 nitrogen and oxygen atoms in total. The SMILES string of the molecule is COCCNCc1nnc(N(C)Cc2cnn(C)c2)o1. The fourth-order valence-electron chi connectivity index (χ4n) is 1.74. The molecule has 0 aliphatic carbocycles. The molecule has 0 spiro atoms. The molecule has 20 heavy (non-hydrogen) atoms. The van der Waals surface area contributed by atoms with Gasteiger partial charge in [-0.05, 0) is 0 Å². The Labute approximate surface area is 117 Å². The molecule has 0 saturated carbocycles. The van der Waals surface area contributed by atoms with Gasteiger partial charge in [-0.2, -0.15) is 5.10 Å². The number of nitrogens with zero attached hydrogens (tertiary/aromatic N) is 5. The zero-order valence-electron chi connectivity index (χ0n) is 12.0. The lowest BCUT2D eigenvalue weighted by molar-refractivity contribution is 0.198. The second-order valence-electron chi connectivity index (χ2n) is 4.53. The molecular weight excluding hydrogens is 260 g/mol. The van der Waals surface area contributed by atoms with Crippen LogP contribution in [0.5, 0.6) is 0 Å². The number of ether oxygens (including phenoxy) is 1. The first-order valence-electron chi connectivity index (χ1n) is 6.39. The highest BCUT2D eigenvalue weighted by Gasteiger charge is 2.11. The van der Waals surface area contributed by atoms with Gasteiger partial charge in [-0.15, -0.1) is 5.10 Å². The summed E-state index contributed by atoms with van der Waals surface area (Å²) < 4.78 is 12.3. The summed E-state index contributed by atoms with van der Waals surface area (Å²) in [6, 6.07) is 0.498. The summed E-state index contributed by atoms with van der Waals surface area (Å²) in [5, 5.41) is 15.3. The van der Waals surface area contributed by atoms with Crippen molar-refractivity contribution in [3.8, 4) is 0 Å². The van der Waals surface area contributed by atoms with E-state index in [1.807, 2.05) is 31.4 Å². The van der Waals surface area contributed by atoms with Crippen LogP contribution in [0.4, 0.5) is 6.01 Å². The highest BCUT2D eigenvalue weighted by molar-refractivity contribution is 5.24. The highest BCUT2D eigenvalue weighted by Crippen LogP contribution is 2.13. The van der Waals surface area contributed by atoms with Gasteiger partial charge in [0.25, 0.3) is 0 Å². The fourth-order valence-corrected chi connectivity index (χ4v) is 1.74. The van der Waals surface area contributed by atoms with E-state index in [4.69, 9.17) is 9.15 Å². The van der Waals surface area contributed by atoms with Crippen LogP contribution in [-0.2, 0) is 24.9 Å². The van der Waals surface area contributed by atoms with Gasteiger partial charge in [-0.1, -0.05) is 5.10 Å².